The lowest BCUT2D eigenvalue weighted by Crippen LogP contribution is -2.55. The van der Waals surface area contributed by atoms with Crippen LogP contribution in [0.5, 0.6) is 0 Å². The second-order valence-corrected chi connectivity index (χ2v) is 9.10. The minimum Gasteiger partial charge on any atom is -0.351 e. The summed E-state index contributed by atoms with van der Waals surface area (Å²) in [4.78, 5) is 27.7. The fourth-order valence-electron chi connectivity index (χ4n) is 5.20. The van der Waals surface area contributed by atoms with E-state index in [1.807, 2.05) is 4.90 Å². The van der Waals surface area contributed by atoms with Crippen LogP contribution < -0.4 is 5.32 Å². The largest absolute Gasteiger partial charge is 0.351 e. The highest BCUT2D eigenvalue weighted by Crippen LogP contribution is 2.49. The van der Waals surface area contributed by atoms with E-state index in [1.165, 1.54) is 6.07 Å². The van der Waals surface area contributed by atoms with E-state index in [9.17, 15) is 18.4 Å². The summed E-state index contributed by atoms with van der Waals surface area (Å²) < 4.78 is 27.4. The van der Waals surface area contributed by atoms with Crippen molar-refractivity contribution < 1.29 is 18.4 Å². The molecule has 2 aliphatic carbocycles. The van der Waals surface area contributed by atoms with Crippen molar-refractivity contribution in [3.63, 3.8) is 0 Å². The maximum Gasteiger partial charge on any atom is 0.228 e. The van der Waals surface area contributed by atoms with Gasteiger partial charge in [0, 0.05) is 30.5 Å². The number of hydrogen-bond donors (Lipinski definition) is 1. The van der Waals surface area contributed by atoms with Gasteiger partial charge in [-0.15, -0.1) is 0 Å². The Labute approximate surface area is 171 Å². The van der Waals surface area contributed by atoms with Crippen molar-refractivity contribution in [3.05, 3.63) is 35.4 Å². The number of amides is 2. The maximum atomic E-state index is 14.0. The summed E-state index contributed by atoms with van der Waals surface area (Å²) in [6.45, 7) is 3.44. The number of piperidine rings is 1. The van der Waals surface area contributed by atoms with Gasteiger partial charge in [0.2, 0.25) is 11.8 Å². The molecule has 158 valence electrons. The quantitative estimate of drug-likeness (QED) is 0.775. The highest BCUT2D eigenvalue weighted by molar-refractivity contribution is 5.85. The Bertz CT molecular complexity index is 793. The molecule has 3 atom stereocenters. The van der Waals surface area contributed by atoms with E-state index in [1.54, 1.807) is 0 Å². The normalized spacial score (nSPS) is 27.8. The topological polar surface area (TPSA) is 49.4 Å². The third kappa shape index (κ3) is 4.03. The summed E-state index contributed by atoms with van der Waals surface area (Å²) in [6.07, 6.45) is 7.32. The Morgan fingerprint density at radius 2 is 2.03 bits per heavy atom. The molecule has 0 bridgehead atoms. The second kappa shape index (κ2) is 8.04. The molecule has 2 amide bonds. The Kier molecular flexibility index (Phi) is 5.63. The van der Waals surface area contributed by atoms with Gasteiger partial charge in [0.15, 0.2) is 0 Å². The van der Waals surface area contributed by atoms with E-state index >= 15 is 0 Å². The van der Waals surface area contributed by atoms with Crippen LogP contribution in [-0.2, 0) is 9.59 Å². The number of rotatable bonds is 6. The molecule has 1 aromatic carbocycles. The van der Waals surface area contributed by atoms with Crippen molar-refractivity contribution in [2.24, 2.45) is 11.3 Å². The smallest absolute Gasteiger partial charge is 0.228 e. The van der Waals surface area contributed by atoms with Crippen LogP contribution in [0.2, 0.25) is 0 Å². The number of nitrogens with one attached hydrogen (secondary N) is 1. The van der Waals surface area contributed by atoms with E-state index in [0.717, 1.165) is 63.6 Å². The van der Waals surface area contributed by atoms with Crippen molar-refractivity contribution in [2.75, 3.05) is 13.1 Å². The van der Waals surface area contributed by atoms with Crippen molar-refractivity contribution in [2.45, 2.75) is 70.3 Å². The molecule has 2 saturated carbocycles. The van der Waals surface area contributed by atoms with Crippen molar-refractivity contribution >= 4 is 11.8 Å². The number of nitrogens with zero attached hydrogens (tertiary/aromatic N) is 1. The van der Waals surface area contributed by atoms with Crippen molar-refractivity contribution in [3.8, 4) is 0 Å². The van der Waals surface area contributed by atoms with Crippen LogP contribution in [-0.4, -0.2) is 35.8 Å². The van der Waals surface area contributed by atoms with Gasteiger partial charge in [-0.1, -0.05) is 19.8 Å². The van der Waals surface area contributed by atoms with Gasteiger partial charge in [-0.05, 0) is 68.2 Å². The molecule has 1 aliphatic heterocycles. The molecular weight excluding hydrogens is 374 g/mol. The third-order valence-corrected chi connectivity index (χ3v) is 7.03. The molecule has 1 unspecified atom stereocenters. The zero-order valence-electron chi connectivity index (χ0n) is 17.1. The van der Waals surface area contributed by atoms with Gasteiger partial charge in [0.25, 0.3) is 0 Å². The van der Waals surface area contributed by atoms with Crippen LogP contribution in [0.1, 0.15) is 69.8 Å². The molecule has 1 saturated heterocycles. The van der Waals surface area contributed by atoms with Gasteiger partial charge < -0.3 is 10.2 Å². The van der Waals surface area contributed by atoms with Crippen LogP contribution >= 0.6 is 0 Å². The van der Waals surface area contributed by atoms with Crippen molar-refractivity contribution in [1.82, 2.24) is 10.2 Å². The minimum absolute atomic E-state index is 0.0578. The Hall–Kier alpha value is -1.98. The first-order chi connectivity index (χ1) is 13.9. The van der Waals surface area contributed by atoms with Crippen LogP contribution in [0.15, 0.2) is 18.2 Å². The molecular formula is C23H30F2N2O2. The summed E-state index contributed by atoms with van der Waals surface area (Å²) in [5, 5.41) is 3.07. The van der Waals surface area contributed by atoms with E-state index in [-0.39, 0.29) is 40.7 Å². The van der Waals surface area contributed by atoms with E-state index < -0.39 is 11.6 Å². The lowest BCUT2D eigenvalue weighted by Gasteiger charge is -2.45. The maximum absolute atomic E-state index is 14.0. The summed E-state index contributed by atoms with van der Waals surface area (Å²) >= 11 is 0. The van der Waals surface area contributed by atoms with Gasteiger partial charge in [0.1, 0.15) is 11.6 Å². The number of benzene rings is 1. The highest BCUT2D eigenvalue weighted by Gasteiger charge is 2.48. The first-order valence-electron chi connectivity index (χ1n) is 11.0. The van der Waals surface area contributed by atoms with Gasteiger partial charge in [-0.2, -0.15) is 0 Å². The Morgan fingerprint density at radius 1 is 1.24 bits per heavy atom. The van der Waals surface area contributed by atoms with Crippen LogP contribution in [0.25, 0.3) is 0 Å². The molecule has 0 radical (unpaired) electrons. The fourth-order valence-corrected chi connectivity index (χ4v) is 5.20. The average Bonchev–Trinajstić information content (AvgIpc) is 3.47. The number of carbonyl (C=O) groups excluding carboxylic acids is 2. The Morgan fingerprint density at radius 3 is 2.72 bits per heavy atom. The van der Waals surface area contributed by atoms with Crippen LogP contribution in [0.3, 0.4) is 0 Å². The van der Waals surface area contributed by atoms with Crippen molar-refractivity contribution in [1.29, 1.82) is 0 Å². The number of likely N-dealkylation sites (tertiary alicyclic amines) is 1. The molecule has 3 fully saturated rings. The molecule has 4 rings (SSSR count). The number of halogens is 2. The first kappa shape index (κ1) is 20.3. The first-order valence-corrected chi connectivity index (χ1v) is 11.0. The molecule has 4 nitrogen and oxygen atoms in total. The number of hydrogen-bond acceptors (Lipinski definition) is 2. The zero-order chi connectivity index (χ0) is 20.6. The minimum atomic E-state index is -0.481. The SMILES string of the molecule is CCCC1(C(=O)N2CCCC(NC(=O)[C@@H]3C[C@H]3c3cc(F)ccc3F)C2)CCC1. The lowest BCUT2D eigenvalue weighted by molar-refractivity contribution is -0.150. The molecule has 1 aromatic rings. The highest BCUT2D eigenvalue weighted by atomic mass is 19.1. The van der Waals surface area contributed by atoms with Gasteiger partial charge in [0.05, 0.1) is 0 Å². The third-order valence-electron chi connectivity index (χ3n) is 7.03. The lowest BCUT2D eigenvalue weighted by atomic mass is 9.65. The standard InChI is InChI=1S/C23H30F2N2O2/c1-2-8-23(9-4-10-23)22(29)27-11-3-5-16(14-27)26-21(28)19-13-17(19)18-12-15(24)6-7-20(18)25/h6-7,12,16-17,19H,2-5,8-11,13-14H2,1H3,(H,26,28)/t16?,17-,19+/m0/s1. The summed E-state index contributed by atoms with van der Waals surface area (Å²) in [6, 6.07) is 3.35. The van der Waals surface area contributed by atoms with Gasteiger partial charge in [-0.3, -0.25) is 9.59 Å². The van der Waals surface area contributed by atoms with E-state index in [2.05, 4.69) is 12.2 Å². The molecule has 29 heavy (non-hydrogen) atoms. The van der Waals surface area contributed by atoms with Crippen LogP contribution in [0, 0.1) is 23.0 Å². The average molecular weight is 405 g/mol. The second-order valence-electron chi connectivity index (χ2n) is 9.10. The van der Waals surface area contributed by atoms with Crippen LogP contribution in [0.4, 0.5) is 8.78 Å². The summed E-state index contributed by atoms with van der Waals surface area (Å²) in [5.41, 5.74) is 0.119. The van der Waals surface area contributed by atoms with E-state index in [4.69, 9.17) is 0 Å². The summed E-state index contributed by atoms with van der Waals surface area (Å²) in [5.74, 6) is -1.35. The molecule has 6 heteroatoms. The summed E-state index contributed by atoms with van der Waals surface area (Å²) in [7, 11) is 0. The molecule has 0 aromatic heterocycles. The predicted octanol–water partition coefficient (Wildman–Crippen LogP) is 4.15. The molecule has 1 heterocycles. The molecule has 3 aliphatic rings. The molecule has 0 spiro atoms. The molecule has 1 N–H and O–H groups in total. The fraction of sp³-hybridized carbons (Fsp3) is 0.652. The van der Waals surface area contributed by atoms with E-state index in [0.29, 0.717) is 13.0 Å². The Balaban J connectivity index is 1.33. The zero-order valence-corrected chi connectivity index (χ0v) is 17.1. The predicted molar refractivity (Wildman–Crippen MR) is 106 cm³/mol. The number of carbonyl (C=O) groups is 2. The van der Waals surface area contributed by atoms with Gasteiger partial charge >= 0.3 is 0 Å². The monoisotopic (exact) mass is 404 g/mol. The van der Waals surface area contributed by atoms with Gasteiger partial charge in [-0.25, -0.2) is 8.78 Å².